The van der Waals surface area contributed by atoms with E-state index in [9.17, 15) is 18.0 Å². The topological polar surface area (TPSA) is 106 Å². The summed E-state index contributed by atoms with van der Waals surface area (Å²) in [5, 5.41) is 7.26. The summed E-state index contributed by atoms with van der Waals surface area (Å²) in [6, 6.07) is 3.98. The number of sulfonamides is 1. The molecular weight excluding hydrogens is 406 g/mol. The number of piperidine rings is 1. The Balaban J connectivity index is 1.79. The van der Waals surface area contributed by atoms with Gasteiger partial charge in [0.15, 0.2) is 0 Å². The zero-order chi connectivity index (χ0) is 22.2. The quantitative estimate of drug-likeness (QED) is 0.762. The number of carbonyl (C=O) groups excluding carboxylic acids is 1. The summed E-state index contributed by atoms with van der Waals surface area (Å²) < 4.78 is 27.8. The average Bonchev–Trinajstić information content (AvgIpc) is 2.92. The van der Waals surface area contributed by atoms with Crippen molar-refractivity contribution in [1.82, 2.24) is 18.7 Å². The first kappa shape index (κ1) is 22.2. The summed E-state index contributed by atoms with van der Waals surface area (Å²) in [4.78, 5) is 25.2. The Morgan fingerprint density at radius 1 is 1.23 bits per heavy atom. The van der Waals surface area contributed by atoms with E-state index in [4.69, 9.17) is 0 Å². The Bertz CT molecular complexity index is 1110. The predicted molar refractivity (Wildman–Crippen MR) is 115 cm³/mol. The zero-order valence-electron chi connectivity index (χ0n) is 18.1. The van der Waals surface area contributed by atoms with Gasteiger partial charge in [-0.05, 0) is 44.7 Å². The first-order chi connectivity index (χ1) is 14.0. The number of nitrogens with zero attached hydrogens (tertiary/aromatic N) is 4. The molecule has 1 saturated heterocycles. The van der Waals surface area contributed by atoms with Crippen LogP contribution in [-0.4, -0.2) is 52.3 Å². The fourth-order valence-electron chi connectivity index (χ4n) is 4.11. The minimum Gasteiger partial charge on any atom is -0.324 e. The summed E-state index contributed by atoms with van der Waals surface area (Å²) in [6.07, 6.45) is 2.63. The highest BCUT2D eigenvalue weighted by Crippen LogP contribution is 2.26. The SMILES string of the molecule is Cc1cc(C)c(NC(=O)Cn2nc(C3CCCN(S(C)(=O)=O)C3)n(C)c2=O)c(C)c1. The number of hydrogen-bond donors (Lipinski definition) is 1. The monoisotopic (exact) mass is 435 g/mol. The van der Waals surface area contributed by atoms with Crippen LogP contribution in [0.15, 0.2) is 16.9 Å². The molecule has 0 aliphatic carbocycles. The molecule has 1 aromatic carbocycles. The van der Waals surface area contributed by atoms with Crippen LogP contribution in [0, 0.1) is 20.8 Å². The Kier molecular flexibility index (Phi) is 6.19. The summed E-state index contributed by atoms with van der Waals surface area (Å²) in [7, 11) is -1.70. The van der Waals surface area contributed by atoms with Crippen molar-refractivity contribution in [1.29, 1.82) is 0 Å². The number of benzene rings is 1. The molecule has 30 heavy (non-hydrogen) atoms. The summed E-state index contributed by atoms with van der Waals surface area (Å²) in [6.45, 7) is 6.41. The smallest absolute Gasteiger partial charge is 0.324 e. The molecule has 0 bridgehead atoms. The van der Waals surface area contributed by atoms with Gasteiger partial charge in [0, 0.05) is 31.7 Å². The minimum atomic E-state index is -3.30. The second kappa shape index (κ2) is 8.35. The maximum atomic E-state index is 12.6. The number of aryl methyl sites for hydroxylation is 3. The molecule has 1 unspecified atom stereocenters. The molecule has 2 aromatic rings. The fraction of sp³-hybridized carbons (Fsp3) is 0.550. The van der Waals surface area contributed by atoms with Crippen molar-refractivity contribution in [3.63, 3.8) is 0 Å². The van der Waals surface area contributed by atoms with Gasteiger partial charge in [0.2, 0.25) is 15.9 Å². The molecule has 1 aliphatic heterocycles. The van der Waals surface area contributed by atoms with E-state index in [1.165, 1.54) is 15.1 Å². The Morgan fingerprint density at radius 3 is 2.47 bits per heavy atom. The predicted octanol–water partition coefficient (Wildman–Crippen LogP) is 1.28. The lowest BCUT2D eigenvalue weighted by molar-refractivity contribution is -0.117. The van der Waals surface area contributed by atoms with Crippen LogP contribution in [-0.2, 0) is 28.4 Å². The van der Waals surface area contributed by atoms with Gasteiger partial charge in [0.1, 0.15) is 12.4 Å². The van der Waals surface area contributed by atoms with Crippen molar-refractivity contribution in [2.24, 2.45) is 7.05 Å². The third-order valence-corrected chi connectivity index (χ3v) is 6.80. The third-order valence-electron chi connectivity index (χ3n) is 5.53. The van der Waals surface area contributed by atoms with Crippen LogP contribution in [0.3, 0.4) is 0 Å². The molecular formula is C20H29N5O4S. The van der Waals surface area contributed by atoms with Crippen molar-refractivity contribution in [3.8, 4) is 0 Å². The zero-order valence-corrected chi connectivity index (χ0v) is 18.9. The van der Waals surface area contributed by atoms with E-state index < -0.39 is 15.7 Å². The lowest BCUT2D eigenvalue weighted by Crippen LogP contribution is -2.39. The molecule has 1 atom stereocenters. The van der Waals surface area contributed by atoms with E-state index in [1.54, 1.807) is 7.05 Å². The minimum absolute atomic E-state index is 0.183. The van der Waals surface area contributed by atoms with Crippen LogP contribution in [0.4, 0.5) is 5.69 Å². The number of amides is 1. The highest BCUT2D eigenvalue weighted by atomic mass is 32.2. The maximum Gasteiger partial charge on any atom is 0.346 e. The summed E-state index contributed by atoms with van der Waals surface area (Å²) in [5.74, 6) is -0.0147. The number of hydrogen-bond acceptors (Lipinski definition) is 5. The van der Waals surface area contributed by atoms with Crippen molar-refractivity contribution >= 4 is 21.6 Å². The Labute approximate surface area is 176 Å². The van der Waals surface area contributed by atoms with Gasteiger partial charge in [-0.3, -0.25) is 9.36 Å². The Morgan fingerprint density at radius 2 is 1.87 bits per heavy atom. The number of rotatable bonds is 5. The van der Waals surface area contributed by atoms with E-state index in [-0.39, 0.29) is 24.9 Å². The number of carbonyl (C=O) groups is 1. The molecule has 0 saturated carbocycles. The largest absolute Gasteiger partial charge is 0.346 e. The van der Waals surface area contributed by atoms with E-state index in [2.05, 4.69) is 10.4 Å². The molecule has 0 spiro atoms. The first-order valence-electron chi connectivity index (χ1n) is 9.94. The van der Waals surface area contributed by atoms with Gasteiger partial charge in [-0.15, -0.1) is 0 Å². The third kappa shape index (κ3) is 4.65. The van der Waals surface area contributed by atoms with Crippen LogP contribution in [0.5, 0.6) is 0 Å². The molecule has 1 fully saturated rings. The standard InChI is InChI=1S/C20H29N5O4S/c1-13-9-14(2)18(15(3)10-13)21-17(26)12-25-20(27)23(4)19(22-25)16-7-6-8-24(11-16)30(5,28)29/h9-10,16H,6-8,11-12H2,1-5H3,(H,21,26). The second-order valence-corrected chi connectivity index (χ2v) is 10.1. The molecule has 1 aliphatic rings. The first-order valence-corrected chi connectivity index (χ1v) is 11.8. The molecule has 2 heterocycles. The Hall–Kier alpha value is -2.46. The van der Waals surface area contributed by atoms with Crippen LogP contribution < -0.4 is 11.0 Å². The molecule has 164 valence electrons. The molecule has 1 N–H and O–H groups in total. The van der Waals surface area contributed by atoms with Gasteiger partial charge in [-0.2, -0.15) is 5.10 Å². The van der Waals surface area contributed by atoms with Gasteiger partial charge in [-0.25, -0.2) is 22.2 Å². The second-order valence-electron chi connectivity index (χ2n) is 8.14. The molecule has 10 heteroatoms. The number of anilines is 1. The van der Waals surface area contributed by atoms with Gasteiger partial charge in [-0.1, -0.05) is 17.7 Å². The highest BCUT2D eigenvalue weighted by molar-refractivity contribution is 7.88. The fourth-order valence-corrected chi connectivity index (χ4v) is 5.02. The normalized spacial score (nSPS) is 17.8. The van der Waals surface area contributed by atoms with Gasteiger partial charge < -0.3 is 5.32 Å². The van der Waals surface area contributed by atoms with Crippen molar-refractivity contribution < 1.29 is 13.2 Å². The lowest BCUT2D eigenvalue weighted by atomic mass is 9.99. The molecule has 1 amide bonds. The van der Waals surface area contributed by atoms with Crippen LogP contribution in [0.2, 0.25) is 0 Å². The number of aromatic nitrogens is 3. The van der Waals surface area contributed by atoms with Crippen molar-refractivity contribution in [2.75, 3.05) is 24.7 Å². The highest BCUT2D eigenvalue weighted by Gasteiger charge is 2.30. The average molecular weight is 436 g/mol. The maximum absolute atomic E-state index is 12.6. The van der Waals surface area contributed by atoms with Crippen LogP contribution in [0.25, 0.3) is 0 Å². The molecule has 0 radical (unpaired) electrons. The lowest BCUT2D eigenvalue weighted by Gasteiger charge is -2.30. The van der Waals surface area contributed by atoms with Crippen molar-refractivity contribution in [3.05, 3.63) is 45.1 Å². The summed E-state index contributed by atoms with van der Waals surface area (Å²) in [5.41, 5.74) is 3.38. The van der Waals surface area contributed by atoms with E-state index in [1.807, 2.05) is 32.9 Å². The van der Waals surface area contributed by atoms with Crippen LogP contribution in [0.1, 0.15) is 41.3 Å². The van der Waals surface area contributed by atoms with E-state index in [0.29, 0.717) is 18.8 Å². The van der Waals surface area contributed by atoms with Gasteiger partial charge >= 0.3 is 5.69 Å². The van der Waals surface area contributed by atoms with Crippen LogP contribution >= 0.6 is 0 Å². The number of nitrogens with one attached hydrogen (secondary N) is 1. The molecule has 1 aromatic heterocycles. The molecule has 3 rings (SSSR count). The van der Waals surface area contributed by atoms with Gasteiger partial charge in [0.25, 0.3) is 0 Å². The summed E-state index contributed by atoms with van der Waals surface area (Å²) >= 11 is 0. The van der Waals surface area contributed by atoms with Crippen molar-refractivity contribution in [2.45, 2.75) is 46.1 Å². The van der Waals surface area contributed by atoms with Gasteiger partial charge in [0.05, 0.1) is 6.26 Å². The molecule has 9 nitrogen and oxygen atoms in total. The van der Waals surface area contributed by atoms with E-state index >= 15 is 0 Å². The van der Waals surface area contributed by atoms with E-state index in [0.717, 1.165) is 33.5 Å².